The third kappa shape index (κ3) is 5.15. The van der Waals surface area contributed by atoms with E-state index in [-0.39, 0.29) is 5.91 Å². The van der Waals surface area contributed by atoms with Crippen molar-refractivity contribution in [3.63, 3.8) is 0 Å². The summed E-state index contributed by atoms with van der Waals surface area (Å²) in [6.45, 7) is 5.19. The summed E-state index contributed by atoms with van der Waals surface area (Å²) >= 11 is 1.68. The average molecular weight is 455 g/mol. The van der Waals surface area contributed by atoms with Crippen LogP contribution in [0.5, 0.6) is 5.75 Å². The van der Waals surface area contributed by atoms with Gasteiger partial charge in [0.25, 0.3) is 5.91 Å². The molecule has 3 heterocycles. The van der Waals surface area contributed by atoms with Crippen molar-refractivity contribution in [3.8, 4) is 5.75 Å². The summed E-state index contributed by atoms with van der Waals surface area (Å²) < 4.78 is 7.07. The number of nitrogens with one attached hydrogen (secondary N) is 1. The second-order valence-electron chi connectivity index (χ2n) is 7.82. The highest BCUT2D eigenvalue weighted by Crippen LogP contribution is 2.29. The Hall–Kier alpha value is -2.81. The Morgan fingerprint density at radius 2 is 2.06 bits per heavy atom. The van der Waals surface area contributed by atoms with Crippen LogP contribution in [0, 0.1) is 0 Å². The Bertz CT molecular complexity index is 1060. The minimum Gasteiger partial charge on any atom is -0.497 e. The van der Waals surface area contributed by atoms with Crippen molar-refractivity contribution in [2.45, 2.75) is 44.3 Å². The number of hydrogen-bond donors (Lipinski definition) is 1. The number of methoxy groups -OCH3 is 1. The summed E-state index contributed by atoms with van der Waals surface area (Å²) in [4.78, 5) is 24.6. The lowest BCUT2D eigenvalue weighted by Gasteiger charge is -2.28. The minimum atomic E-state index is -0.136. The van der Waals surface area contributed by atoms with Crippen molar-refractivity contribution in [3.05, 3.63) is 36.0 Å². The predicted molar refractivity (Wildman–Crippen MR) is 128 cm³/mol. The highest BCUT2D eigenvalue weighted by atomic mass is 32.2. The molecule has 4 rings (SSSR count). The molecule has 3 aromatic rings. The largest absolute Gasteiger partial charge is 0.497 e. The second-order valence-corrected chi connectivity index (χ2v) is 8.88. The molecule has 1 aromatic carbocycles. The topological polar surface area (TPSA) is 85.2 Å². The molecule has 0 spiro atoms. The molecule has 0 radical (unpaired) electrons. The van der Waals surface area contributed by atoms with E-state index in [0.717, 1.165) is 47.3 Å². The van der Waals surface area contributed by atoms with E-state index in [9.17, 15) is 4.79 Å². The smallest absolute Gasteiger partial charge is 0.251 e. The lowest BCUT2D eigenvalue weighted by atomic mass is 10.1. The van der Waals surface area contributed by atoms with Gasteiger partial charge in [0.2, 0.25) is 0 Å². The number of benzene rings is 1. The highest BCUT2D eigenvalue weighted by molar-refractivity contribution is 7.99. The number of nitrogens with zero attached hydrogens (tertiary/aromatic N) is 5. The van der Waals surface area contributed by atoms with Crippen molar-refractivity contribution in [2.24, 2.45) is 0 Å². The molecule has 170 valence electrons. The predicted octanol–water partition coefficient (Wildman–Crippen LogP) is 3.76. The first kappa shape index (κ1) is 22.4. The third-order valence-corrected chi connectivity index (χ3v) is 6.54. The fourth-order valence-corrected chi connectivity index (χ4v) is 4.52. The van der Waals surface area contributed by atoms with Crippen molar-refractivity contribution < 1.29 is 9.53 Å². The summed E-state index contributed by atoms with van der Waals surface area (Å²) in [6.07, 6.45) is 6.58. The van der Waals surface area contributed by atoms with Crippen molar-refractivity contribution >= 4 is 34.5 Å². The van der Waals surface area contributed by atoms with Gasteiger partial charge in [-0.3, -0.25) is 4.79 Å². The Labute approximate surface area is 192 Å². The molecule has 1 amide bonds. The van der Waals surface area contributed by atoms with Gasteiger partial charge in [-0.1, -0.05) is 24.8 Å². The first-order valence-electron chi connectivity index (χ1n) is 11.2. The van der Waals surface area contributed by atoms with Crippen LogP contribution in [0.4, 0.5) is 5.82 Å². The number of anilines is 1. The molecule has 32 heavy (non-hydrogen) atoms. The van der Waals surface area contributed by atoms with Crippen LogP contribution < -0.4 is 15.0 Å². The zero-order chi connectivity index (χ0) is 22.3. The molecule has 1 saturated heterocycles. The summed E-state index contributed by atoms with van der Waals surface area (Å²) in [6, 6.07) is 7.13. The van der Waals surface area contributed by atoms with Gasteiger partial charge in [-0.15, -0.1) is 0 Å². The first-order valence-corrected chi connectivity index (χ1v) is 12.2. The number of carbonyl (C=O) groups excluding carboxylic acids is 1. The number of thioether (sulfide) groups is 1. The van der Waals surface area contributed by atoms with Gasteiger partial charge in [0, 0.05) is 31.0 Å². The van der Waals surface area contributed by atoms with Crippen LogP contribution in [-0.2, 0) is 6.54 Å². The van der Waals surface area contributed by atoms with Crippen LogP contribution in [0.1, 0.15) is 43.0 Å². The van der Waals surface area contributed by atoms with E-state index in [1.54, 1.807) is 31.0 Å². The Morgan fingerprint density at radius 1 is 1.22 bits per heavy atom. The third-order valence-electron chi connectivity index (χ3n) is 5.49. The molecule has 0 atom stereocenters. The zero-order valence-corrected chi connectivity index (χ0v) is 19.5. The SMILES string of the molecule is CCCSc1nc(N2CCCCC2)c2cnn(CCNC(=O)c3cccc(OC)c3)c2n1. The molecule has 0 aliphatic carbocycles. The summed E-state index contributed by atoms with van der Waals surface area (Å²) in [5.74, 6) is 2.49. The molecule has 0 saturated carbocycles. The first-order chi connectivity index (χ1) is 15.7. The van der Waals surface area contributed by atoms with Crippen LogP contribution in [0.3, 0.4) is 0 Å². The maximum Gasteiger partial charge on any atom is 0.251 e. The average Bonchev–Trinajstić information content (AvgIpc) is 3.25. The second kappa shape index (κ2) is 10.7. The quantitative estimate of drug-likeness (QED) is 0.389. The van der Waals surface area contributed by atoms with Crippen molar-refractivity contribution in [1.82, 2.24) is 25.1 Å². The van der Waals surface area contributed by atoms with Gasteiger partial charge >= 0.3 is 0 Å². The molecule has 8 nitrogen and oxygen atoms in total. The van der Waals surface area contributed by atoms with Crippen molar-refractivity contribution in [2.75, 3.05) is 37.4 Å². The highest BCUT2D eigenvalue weighted by Gasteiger charge is 2.20. The number of carbonyl (C=O) groups is 1. The van der Waals surface area contributed by atoms with E-state index in [1.165, 1.54) is 19.3 Å². The van der Waals surface area contributed by atoms with Gasteiger partial charge in [-0.05, 0) is 43.9 Å². The summed E-state index contributed by atoms with van der Waals surface area (Å²) in [5, 5.41) is 9.31. The summed E-state index contributed by atoms with van der Waals surface area (Å²) in [5.41, 5.74) is 1.40. The van der Waals surface area contributed by atoms with Gasteiger partial charge in [0.15, 0.2) is 10.8 Å². The van der Waals surface area contributed by atoms with E-state index in [1.807, 2.05) is 23.0 Å². The monoisotopic (exact) mass is 454 g/mol. The normalized spacial score (nSPS) is 14.0. The lowest BCUT2D eigenvalue weighted by molar-refractivity contribution is 0.0951. The van der Waals surface area contributed by atoms with Gasteiger partial charge in [0.1, 0.15) is 11.6 Å². The Morgan fingerprint density at radius 3 is 2.84 bits per heavy atom. The number of ether oxygens (including phenoxy) is 1. The van der Waals surface area contributed by atoms with E-state index >= 15 is 0 Å². The van der Waals surface area contributed by atoms with E-state index in [0.29, 0.717) is 24.4 Å². The molecule has 0 bridgehead atoms. The standard InChI is InChI=1S/C23H30N6O2S/c1-3-14-32-23-26-20(28-11-5-4-6-12-28)19-16-25-29(21(19)27-23)13-10-24-22(30)17-8-7-9-18(15-17)31-2/h7-9,15-16H,3-6,10-14H2,1-2H3,(H,24,30). The molecule has 1 N–H and O–H groups in total. The fraction of sp³-hybridized carbons (Fsp3) is 0.478. The Balaban J connectivity index is 1.51. The van der Waals surface area contributed by atoms with Crippen LogP contribution in [0.2, 0.25) is 0 Å². The molecule has 1 aliphatic rings. The van der Waals surface area contributed by atoms with Gasteiger partial charge in [0.05, 0.1) is 25.2 Å². The van der Waals surface area contributed by atoms with Gasteiger partial charge in [-0.25, -0.2) is 14.6 Å². The molecule has 0 unspecified atom stereocenters. The van der Waals surface area contributed by atoms with Crippen LogP contribution >= 0.6 is 11.8 Å². The lowest BCUT2D eigenvalue weighted by Crippen LogP contribution is -2.30. The molecular weight excluding hydrogens is 424 g/mol. The fourth-order valence-electron chi connectivity index (χ4n) is 3.83. The van der Waals surface area contributed by atoms with Crippen LogP contribution in [0.25, 0.3) is 11.0 Å². The number of hydrogen-bond acceptors (Lipinski definition) is 7. The number of piperidine rings is 1. The number of fused-ring (bicyclic) bond motifs is 1. The maximum absolute atomic E-state index is 12.5. The number of amides is 1. The van der Waals surface area contributed by atoms with E-state index in [2.05, 4.69) is 22.2 Å². The molecule has 1 fully saturated rings. The van der Waals surface area contributed by atoms with Gasteiger partial charge < -0.3 is 15.0 Å². The van der Waals surface area contributed by atoms with Crippen LogP contribution in [-0.4, -0.2) is 58.2 Å². The van der Waals surface area contributed by atoms with Gasteiger partial charge in [-0.2, -0.15) is 5.10 Å². The van der Waals surface area contributed by atoms with E-state index in [4.69, 9.17) is 14.7 Å². The van der Waals surface area contributed by atoms with E-state index < -0.39 is 0 Å². The number of rotatable bonds is 9. The molecule has 1 aliphatic heterocycles. The zero-order valence-electron chi connectivity index (χ0n) is 18.7. The maximum atomic E-state index is 12.5. The molecular formula is C23H30N6O2S. The Kier molecular flexibility index (Phi) is 7.47. The van der Waals surface area contributed by atoms with Crippen LogP contribution in [0.15, 0.2) is 35.6 Å². The van der Waals surface area contributed by atoms with Crippen molar-refractivity contribution in [1.29, 1.82) is 0 Å². The molecule has 9 heteroatoms. The minimum absolute atomic E-state index is 0.136. The molecule has 2 aromatic heterocycles. The summed E-state index contributed by atoms with van der Waals surface area (Å²) in [7, 11) is 1.59. The number of aromatic nitrogens is 4.